The van der Waals surface area contributed by atoms with Gasteiger partial charge < -0.3 is 5.32 Å². The molecule has 0 amide bonds. The van der Waals surface area contributed by atoms with Crippen LogP contribution in [0.5, 0.6) is 0 Å². The number of nitrogens with zero attached hydrogens (tertiary/aromatic N) is 4. The van der Waals surface area contributed by atoms with Crippen molar-refractivity contribution in [2.45, 2.75) is 32.6 Å². The van der Waals surface area contributed by atoms with Gasteiger partial charge in [-0.05, 0) is 32.6 Å². The maximum absolute atomic E-state index is 11.1. The highest BCUT2D eigenvalue weighted by Crippen LogP contribution is 2.25. The van der Waals surface area contributed by atoms with Crippen molar-refractivity contribution in [3.8, 4) is 5.82 Å². The molecule has 1 aliphatic rings. The molecule has 2 aromatic rings. The molecule has 1 aliphatic carbocycles. The summed E-state index contributed by atoms with van der Waals surface area (Å²) >= 11 is 0. The molecule has 0 aliphatic heterocycles. The first-order valence-electron chi connectivity index (χ1n) is 7.15. The average molecular weight is 287 g/mol. The van der Waals surface area contributed by atoms with E-state index < -0.39 is 4.92 Å². The number of rotatable bonds is 4. The summed E-state index contributed by atoms with van der Waals surface area (Å²) in [5.74, 6) is 1.07. The Balaban J connectivity index is 2.08. The number of anilines is 1. The monoisotopic (exact) mass is 287 g/mol. The standard InChI is InChI=1S/C14H17N5O2/c1-2-15-13-7-10(19(20)21)8-14(17-13)18-9-16-11-5-3-4-6-12(11)18/h7-9H,2-6H2,1H3,(H,15,17). The quantitative estimate of drug-likeness (QED) is 0.689. The summed E-state index contributed by atoms with van der Waals surface area (Å²) in [5.41, 5.74) is 2.24. The Bertz CT molecular complexity index is 680. The van der Waals surface area contributed by atoms with Gasteiger partial charge in [-0.1, -0.05) is 0 Å². The maximum Gasteiger partial charge on any atom is 0.276 e. The second-order valence-corrected chi connectivity index (χ2v) is 5.07. The van der Waals surface area contributed by atoms with E-state index in [2.05, 4.69) is 15.3 Å². The topological polar surface area (TPSA) is 85.9 Å². The zero-order valence-corrected chi connectivity index (χ0v) is 11.9. The van der Waals surface area contributed by atoms with E-state index in [9.17, 15) is 10.1 Å². The number of imidazole rings is 1. The fraction of sp³-hybridized carbons (Fsp3) is 0.429. The van der Waals surface area contributed by atoms with E-state index in [1.54, 1.807) is 6.33 Å². The Morgan fingerprint density at radius 3 is 2.95 bits per heavy atom. The summed E-state index contributed by atoms with van der Waals surface area (Å²) in [4.78, 5) is 19.6. The second kappa shape index (κ2) is 5.51. The van der Waals surface area contributed by atoms with Crippen molar-refractivity contribution in [1.82, 2.24) is 14.5 Å². The first-order chi connectivity index (χ1) is 10.2. The van der Waals surface area contributed by atoms with Crippen LogP contribution >= 0.6 is 0 Å². The number of fused-ring (bicyclic) bond motifs is 1. The Morgan fingerprint density at radius 2 is 2.19 bits per heavy atom. The highest BCUT2D eigenvalue weighted by molar-refractivity contribution is 5.51. The number of pyridine rings is 1. The van der Waals surface area contributed by atoms with Crippen LogP contribution in [-0.4, -0.2) is 26.0 Å². The Morgan fingerprint density at radius 1 is 1.38 bits per heavy atom. The predicted molar refractivity (Wildman–Crippen MR) is 78.8 cm³/mol. The van der Waals surface area contributed by atoms with Gasteiger partial charge in [0, 0.05) is 12.2 Å². The third-order valence-corrected chi connectivity index (χ3v) is 3.64. The summed E-state index contributed by atoms with van der Waals surface area (Å²) in [6.07, 6.45) is 5.90. The molecule has 1 N–H and O–H groups in total. The number of nitro groups is 1. The lowest BCUT2D eigenvalue weighted by atomic mass is 10.0. The fourth-order valence-electron chi connectivity index (χ4n) is 2.67. The predicted octanol–water partition coefficient (Wildman–Crippen LogP) is 2.49. The molecule has 110 valence electrons. The van der Waals surface area contributed by atoms with Gasteiger partial charge in [0.2, 0.25) is 0 Å². The molecule has 0 radical (unpaired) electrons. The molecule has 0 fully saturated rings. The van der Waals surface area contributed by atoms with Crippen molar-refractivity contribution < 1.29 is 4.92 Å². The average Bonchev–Trinajstić information content (AvgIpc) is 2.91. The van der Waals surface area contributed by atoms with Crippen LogP contribution in [0.15, 0.2) is 18.5 Å². The Labute approximate surface area is 122 Å². The Hall–Kier alpha value is -2.44. The molecule has 0 atom stereocenters. The van der Waals surface area contributed by atoms with Gasteiger partial charge in [0.05, 0.1) is 22.7 Å². The molecule has 7 nitrogen and oxygen atoms in total. The number of aryl methyl sites for hydroxylation is 1. The summed E-state index contributed by atoms with van der Waals surface area (Å²) in [6.45, 7) is 2.59. The molecule has 2 aromatic heterocycles. The molecule has 21 heavy (non-hydrogen) atoms. The molecule has 0 saturated carbocycles. The van der Waals surface area contributed by atoms with Crippen LogP contribution in [0.3, 0.4) is 0 Å². The van der Waals surface area contributed by atoms with Crippen LogP contribution in [0.25, 0.3) is 5.82 Å². The molecule has 0 spiro atoms. The summed E-state index contributed by atoms with van der Waals surface area (Å²) in [5, 5.41) is 14.1. The van der Waals surface area contributed by atoms with Crippen LogP contribution in [0.1, 0.15) is 31.2 Å². The third-order valence-electron chi connectivity index (χ3n) is 3.64. The van der Waals surface area contributed by atoms with Crippen molar-refractivity contribution in [3.63, 3.8) is 0 Å². The summed E-state index contributed by atoms with van der Waals surface area (Å²) in [7, 11) is 0. The number of aromatic nitrogens is 3. The highest BCUT2D eigenvalue weighted by atomic mass is 16.6. The van der Waals surface area contributed by atoms with Gasteiger partial charge in [0.15, 0.2) is 0 Å². The molecule has 3 rings (SSSR count). The lowest BCUT2D eigenvalue weighted by molar-refractivity contribution is -0.384. The van der Waals surface area contributed by atoms with E-state index in [4.69, 9.17) is 0 Å². The fourth-order valence-corrected chi connectivity index (χ4v) is 2.67. The number of hydrogen-bond donors (Lipinski definition) is 1. The van der Waals surface area contributed by atoms with Crippen LogP contribution in [0.2, 0.25) is 0 Å². The minimum atomic E-state index is -0.393. The molecular weight excluding hydrogens is 270 g/mol. The van der Waals surface area contributed by atoms with Crippen molar-refractivity contribution in [2.24, 2.45) is 0 Å². The van der Waals surface area contributed by atoms with E-state index in [1.165, 1.54) is 12.1 Å². The molecule has 7 heteroatoms. The van der Waals surface area contributed by atoms with E-state index in [0.29, 0.717) is 18.2 Å². The normalized spacial score (nSPS) is 13.8. The third kappa shape index (κ3) is 2.58. The minimum absolute atomic E-state index is 0.0363. The maximum atomic E-state index is 11.1. The molecule has 0 aromatic carbocycles. The van der Waals surface area contributed by atoms with Gasteiger partial charge in [-0.2, -0.15) is 0 Å². The van der Waals surface area contributed by atoms with E-state index in [0.717, 1.165) is 37.1 Å². The van der Waals surface area contributed by atoms with E-state index in [1.807, 2.05) is 11.5 Å². The van der Waals surface area contributed by atoms with Gasteiger partial charge >= 0.3 is 0 Å². The van der Waals surface area contributed by atoms with Crippen molar-refractivity contribution in [3.05, 3.63) is 40.0 Å². The van der Waals surface area contributed by atoms with Gasteiger partial charge in [-0.3, -0.25) is 14.7 Å². The minimum Gasteiger partial charge on any atom is -0.370 e. The first-order valence-corrected chi connectivity index (χ1v) is 7.15. The molecule has 2 heterocycles. The number of hydrogen-bond acceptors (Lipinski definition) is 5. The van der Waals surface area contributed by atoms with E-state index >= 15 is 0 Å². The zero-order valence-electron chi connectivity index (χ0n) is 11.9. The van der Waals surface area contributed by atoms with Crippen LogP contribution in [-0.2, 0) is 12.8 Å². The lowest BCUT2D eigenvalue weighted by Crippen LogP contribution is -2.09. The van der Waals surface area contributed by atoms with Crippen LogP contribution < -0.4 is 5.32 Å². The smallest absolute Gasteiger partial charge is 0.276 e. The second-order valence-electron chi connectivity index (χ2n) is 5.07. The molecule has 0 saturated heterocycles. The van der Waals surface area contributed by atoms with Gasteiger partial charge in [-0.25, -0.2) is 9.97 Å². The van der Waals surface area contributed by atoms with Crippen LogP contribution in [0.4, 0.5) is 11.5 Å². The highest BCUT2D eigenvalue weighted by Gasteiger charge is 2.19. The lowest BCUT2D eigenvalue weighted by Gasteiger charge is -2.14. The first kappa shape index (κ1) is 13.5. The SMILES string of the molecule is CCNc1cc([N+](=O)[O-])cc(-n2cnc3c2CCCC3)n1. The number of nitrogens with one attached hydrogen (secondary N) is 1. The van der Waals surface area contributed by atoms with Gasteiger partial charge in [0.1, 0.15) is 18.0 Å². The zero-order chi connectivity index (χ0) is 14.8. The molecular formula is C14H17N5O2. The van der Waals surface area contributed by atoms with Crippen LogP contribution in [0, 0.1) is 10.1 Å². The van der Waals surface area contributed by atoms with Gasteiger partial charge in [-0.15, -0.1) is 0 Å². The Kier molecular flexibility index (Phi) is 3.55. The summed E-state index contributed by atoms with van der Waals surface area (Å²) < 4.78 is 1.88. The van der Waals surface area contributed by atoms with Gasteiger partial charge in [0.25, 0.3) is 5.69 Å². The molecule has 0 unspecified atom stereocenters. The van der Waals surface area contributed by atoms with Crippen molar-refractivity contribution in [2.75, 3.05) is 11.9 Å². The van der Waals surface area contributed by atoms with Crippen molar-refractivity contribution >= 4 is 11.5 Å². The largest absolute Gasteiger partial charge is 0.370 e. The van der Waals surface area contributed by atoms with Crippen molar-refractivity contribution in [1.29, 1.82) is 0 Å². The van der Waals surface area contributed by atoms with E-state index in [-0.39, 0.29) is 5.69 Å². The molecule has 0 bridgehead atoms. The summed E-state index contributed by atoms with van der Waals surface area (Å²) in [6, 6.07) is 2.95.